The fraction of sp³-hybridized carbons (Fsp3) is 0.565. The molecule has 28 heavy (non-hydrogen) atoms. The molecular formula is C23H31N3O2. The summed E-state index contributed by atoms with van der Waals surface area (Å²) in [4.78, 5) is 30.5. The van der Waals surface area contributed by atoms with Gasteiger partial charge in [-0.15, -0.1) is 0 Å². The number of piperidine rings is 1. The highest BCUT2D eigenvalue weighted by Gasteiger charge is 2.31. The smallest absolute Gasteiger partial charge is 0.225 e. The number of rotatable bonds is 5. The predicted octanol–water partition coefficient (Wildman–Crippen LogP) is 3.65. The van der Waals surface area contributed by atoms with Crippen LogP contribution in [0.5, 0.6) is 0 Å². The predicted molar refractivity (Wildman–Crippen MR) is 111 cm³/mol. The fourth-order valence-corrected chi connectivity index (χ4v) is 4.77. The number of likely N-dealkylation sites (tertiary alicyclic amines) is 1. The number of nitrogens with zero attached hydrogens (tertiary/aromatic N) is 1. The second-order valence-corrected chi connectivity index (χ2v) is 8.34. The number of aromatic nitrogens is 1. The minimum absolute atomic E-state index is 0.0402. The van der Waals surface area contributed by atoms with Crippen LogP contribution in [0.4, 0.5) is 0 Å². The molecule has 1 saturated heterocycles. The quantitative estimate of drug-likeness (QED) is 0.830. The number of H-pyrrole nitrogens is 1. The maximum atomic E-state index is 12.7. The zero-order valence-electron chi connectivity index (χ0n) is 16.6. The standard InChI is InChI=1S/C23H31N3O2/c27-22(24-13-10-19-16-25-21-9-5-4-8-20(19)21)17-11-14-26(15-12-17)23(28)18-6-2-1-3-7-18/h4-5,8-9,16-18,25H,1-3,6-7,10-15H2,(H,24,27). The zero-order chi connectivity index (χ0) is 19.3. The summed E-state index contributed by atoms with van der Waals surface area (Å²) in [5, 5.41) is 4.33. The average molecular weight is 382 g/mol. The van der Waals surface area contributed by atoms with Crippen molar-refractivity contribution in [3.8, 4) is 0 Å². The van der Waals surface area contributed by atoms with Crippen molar-refractivity contribution in [1.82, 2.24) is 15.2 Å². The molecule has 0 unspecified atom stereocenters. The first-order chi connectivity index (χ1) is 13.7. The van der Waals surface area contributed by atoms with Gasteiger partial charge in [-0.1, -0.05) is 37.5 Å². The first-order valence-electron chi connectivity index (χ1n) is 10.8. The van der Waals surface area contributed by atoms with E-state index in [1.807, 2.05) is 23.2 Å². The minimum Gasteiger partial charge on any atom is -0.361 e. The van der Waals surface area contributed by atoms with E-state index in [4.69, 9.17) is 0 Å². The van der Waals surface area contributed by atoms with Crippen molar-refractivity contribution in [3.05, 3.63) is 36.0 Å². The molecule has 0 bridgehead atoms. The van der Waals surface area contributed by atoms with Gasteiger partial charge in [0, 0.05) is 48.6 Å². The van der Waals surface area contributed by atoms with Gasteiger partial charge in [-0.2, -0.15) is 0 Å². The summed E-state index contributed by atoms with van der Waals surface area (Å²) >= 11 is 0. The lowest BCUT2D eigenvalue weighted by atomic mass is 9.87. The van der Waals surface area contributed by atoms with E-state index in [0.29, 0.717) is 12.5 Å². The summed E-state index contributed by atoms with van der Waals surface area (Å²) in [5.41, 5.74) is 2.38. The van der Waals surface area contributed by atoms with Gasteiger partial charge >= 0.3 is 0 Å². The highest BCUT2D eigenvalue weighted by molar-refractivity contribution is 5.83. The number of hydrogen-bond acceptors (Lipinski definition) is 2. The molecule has 0 spiro atoms. The summed E-state index contributed by atoms with van der Waals surface area (Å²) in [6.45, 7) is 2.12. The van der Waals surface area contributed by atoms with E-state index >= 15 is 0 Å². The normalized spacial score (nSPS) is 19.1. The molecule has 2 fully saturated rings. The van der Waals surface area contributed by atoms with E-state index in [-0.39, 0.29) is 17.7 Å². The van der Waals surface area contributed by atoms with Crippen LogP contribution < -0.4 is 5.32 Å². The third kappa shape index (κ3) is 4.23. The van der Waals surface area contributed by atoms with E-state index in [9.17, 15) is 9.59 Å². The number of carbonyl (C=O) groups is 2. The van der Waals surface area contributed by atoms with Crippen LogP contribution in [0.1, 0.15) is 50.5 Å². The van der Waals surface area contributed by atoms with Gasteiger partial charge in [-0.3, -0.25) is 9.59 Å². The first kappa shape index (κ1) is 19.0. The molecule has 150 valence electrons. The van der Waals surface area contributed by atoms with Gasteiger partial charge in [0.15, 0.2) is 0 Å². The molecule has 4 rings (SSSR count). The van der Waals surface area contributed by atoms with Crippen LogP contribution in [-0.4, -0.2) is 41.3 Å². The van der Waals surface area contributed by atoms with Crippen molar-refractivity contribution in [2.24, 2.45) is 11.8 Å². The van der Waals surface area contributed by atoms with Gasteiger partial charge in [0.2, 0.25) is 11.8 Å². The maximum absolute atomic E-state index is 12.7. The molecule has 5 nitrogen and oxygen atoms in total. The largest absolute Gasteiger partial charge is 0.361 e. The molecular weight excluding hydrogens is 350 g/mol. The summed E-state index contributed by atoms with van der Waals surface area (Å²) in [6.07, 6.45) is 10.2. The van der Waals surface area contributed by atoms with Crippen molar-refractivity contribution in [3.63, 3.8) is 0 Å². The van der Waals surface area contributed by atoms with Crippen molar-refractivity contribution in [2.45, 2.75) is 51.4 Å². The Morgan fingerprint density at radius 2 is 1.75 bits per heavy atom. The van der Waals surface area contributed by atoms with Crippen LogP contribution in [0.3, 0.4) is 0 Å². The molecule has 2 aromatic rings. The van der Waals surface area contributed by atoms with Gasteiger partial charge in [0.05, 0.1) is 0 Å². The molecule has 2 amide bonds. The molecule has 2 N–H and O–H groups in total. The molecule has 1 aromatic heterocycles. The average Bonchev–Trinajstić information content (AvgIpc) is 3.17. The summed E-state index contributed by atoms with van der Waals surface area (Å²) in [7, 11) is 0. The first-order valence-corrected chi connectivity index (χ1v) is 10.8. The molecule has 0 atom stereocenters. The Hall–Kier alpha value is -2.30. The second kappa shape index (κ2) is 8.80. The highest BCUT2D eigenvalue weighted by Crippen LogP contribution is 2.27. The molecule has 1 saturated carbocycles. The van der Waals surface area contributed by atoms with Gasteiger partial charge in [-0.05, 0) is 43.7 Å². The molecule has 1 aliphatic heterocycles. The lowest BCUT2D eigenvalue weighted by molar-refractivity contribution is -0.140. The Bertz CT molecular complexity index is 814. The van der Waals surface area contributed by atoms with E-state index in [0.717, 1.165) is 50.7 Å². The Balaban J connectivity index is 1.21. The van der Waals surface area contributed by atoms with Crippen molar-refractivity contribution < 1.29 is 9.59 Å². The summed E-state index contributed by atoms with van der Waals surface area (Å²) in [6, 6.07) is 8.25. The number of nitrogens with one attached hydrogen (secondary N) is 2. The van der Waals surface area contributed by atoms with E-state index in [1.54, 1.807) is 0 Å². The van der Waals surface area contributed by atoms with Crippen LogP contribution in [-0.2, 0) is 16.0 Å². The third-order valence-electron chi connectivity index (χ3n) is 6.50. The molecule has 2 heterocycles. The monoisotopic (exact) mass is 381 g/mol. The van der Waals surface area contributed by atoms with E-state index in [2.05, 4.69) is 22.4 Å². The Morgan fingerprint density at radius 1 is 1.00 bits per heavy atom. The van der Waals surface area contributed by atoms with Crippen LogP contribution in [0, 0.1) is 11.8 Å². The number of hydrogen-bond donors (Lipinski definition) is 2. The lowest BCUT2D eigenvalue weighted by Gasteiger charge is -2.34. The van der Waals surface area contributed by atoms with E-state index in [1.165, 1.54) is 30.2 Å². The Morgan fingerprint density at radius 3 is 2.54 bits per heavy atom. The van der Waals surface area contributed by atoms with Crippen LogP contribution in [0.2, 0.25) is 0 Å². The maximum Gasteiger partial charge on any atom is 0.225 e. The number of para-hydroxylation sites is 1. The van der Waals surface area contributed by atoms with Gasteiger partial charge in [-0.25, -0.2) is 0 Å². The molecule has 5 heteroatoms. The third-order valence-corrected chi connectivity index (χ3v) is 6.50. The number of carbonyl (C=O) groups excluding carboxylic acids is 2. The Kier molecular flexibility index (Phi) is 5.98. The topological polar surface area (TPSA) is 65.2 Å². The number of amides is 2. The minimum atomic E-state index is 0.0402. The lowest BCUT2D eigenvalue weighted by Crippen LogP contribution is -2.45. The second-order valence-electron chi connectivity index (χ2n) is 8.34. The van der Waals surface area contributed by atoms with Crippen LogP contribution in [0.15, 0.2) is 30.5 Å². The molecule has 1 aliphatic carbocycles. The zero-order valence-corrected chi connectivity index (χ0v) is 16.6. The van der Waals surface area contributed by atoms with Crippen LogP contribution in [0.25, 0.3) is 10.9 Å². The SMILES string of the molecule is O=C(NCCc1c[nH]c2ccccc12)C1CCN(C(=O)C2CCCCC2)CC1. The highest BCUT2D eigenvalue weighted by atomic mass is 16.2. The van der Waals surface area contributed by atoms with E-state index < -0.39 is 0 Å². The Labute approximate surface area is 166 Å². The number of aromatic amines is 1. The van der Waals surface area contributed by atoms with Gasteiger partial charge in [0.25, 0.3) is 0 Å². The van der Waals surface area contributed by atoms with Gasteiger partial charge in [0.1, 0.15) is 0 Å². The molecule has 0 radical (unpaired) electrons. The van der Waals surface area contributed by atoms with Crippen LogP contribution >= 0.6 is 0 Å². The van der Waals surface area contributed by atoms with Crippen molar-refractivity contribution in [2.75, 3.05) is 19.6 Å². The van der Waals surface area contributed by atoms with Crippen molar-refractivity contribution >= 4 is 22.7 Å². The summed E-state index contributed by atoms with van der Waals surface area (Å²) < 4.78 is 0. The number of fused-ring (bicyclic) bond motifs is 1. The fourth-order valence-electron chi connectivity index (χ4n) is 4.77. The molecule has 1 aromatic carbocycles. The van der Waals surface area contributed by atoms with Gasteiger partial charge < -0.3 is 15.2 Å². The molecule has 2 aliphatic rings. The van der Waals surface area contributed by atoms with Crippen molar-refractivity contribution in [1.29, 1.82) is 0 Å². The number of benzene rings is 1. The summed E-state index contributed by atoms with van der Waals surface area (Å²) in [5.74, 6) is 0.746.